The molecule has 6 nitrogen and oxygen atoms in total. The second kappa shape index (κ2) is 17.5. The van der Waals surface area contributed by atoms with Crippen molar-refractivity contribution in [2.75, 3.05) is 7.11 Å². The summed E-state index contributed by atoms with van der Waals surface area (Å²) in [5.74, 6) is -5.30. The number of allylic oxidation sites excluding steroid dienone is 3. The SMILES string of the molecule is CCCCC(F)(F)C(=O)/C=C/[C@H]1[C@H](OCc2ccc(OC)cc2)CC(=O)[C@@H]1C/C=C\CCCC(=O)OCc1ccccc1. The molecule has 0 heterocycles. The number of benzene rings is 2. The number of esters is 1. The molecule has 8 heteroatoms. The summed E-state index contributed by atoms with van der Waals surface area (Å²) in [5, 5.41) is 0. The highest BCUT2D eigenvalue weighted by atomic mass is 19.3. The van der Waals surface area contributed by atoms with E-state index in [-0.39, 0.29) is 44.2 Å². The lowest BCUT2D eigenvalue weighted by Crippen LogP contribution is -2.28. The lowest BCUT2D eigenvalue weighted by atomic mass is 9.90. The Hall–Kier alpha value is -3.65. The quantitative estimate of drug-likeness (QED) is 0.0763. The van der Waals surface area contributed by atoms with E-state index in [1.54, 1.807) is 14.0 Å². The van der Waals surface area contributed by atoms with Gasteiger partial charge in [0, 0.05) is 31.1 Å². The van der Waals surface area contributed by atoms with E-state index in [0.717, 1.165) is 17.2 Å². The average molecular weight is 597 g/mol. The van der Waals surface area contributed by atoms with E-state index in [9.17, 15) is 23.2 Å². The van der Waals surface area contributed by atoms with Gasteiger partial charge < -0.3 is 14.2 Å². The van der Waals surface area contributed by atoms with Crippen molar-refractivity contribution in [1.82, 2.24) is 0 Å². The van der Waals surface area contributed by atoms with Crippen molar-refractivity contribution in [3.63, 3.8) is 0 Å². The van der Waals surface area contributed by atoms with Crippen LogP contribution in [0.3, 0.4) is 0 Å². The topological polar surface area (TPSA) is 78.9 Å². The van der Waals surface area contributed by atoms with Crippen LogP contribution in [-0.2, 0) is 37.1 Å². The maximum absolute atomic E-state index is 14.3. The number of hydrogen-bond donors (Lipinski definition) is 0. The number of rotatable bonds is 18. The Bertz CT molecular complexity index is 1220. The summed E-state index contributed by atoms with van der Waals surface area (Å²) in [4.78, 5) is 37.4. The summed E-state index contributed by atoms with van der Waals surface area (Å²) in [6.07, 6.45) is 7.95. The molecule has 0 saturated heterocycles. The van der Waals surface area contributed by atoms with Crippen molar-refractivity contribution < 1.29 is 37.4 Å². The molecule has 0 aliphatic heterocycles. The molecule has 43 heavy (non-hydrogen) atoms. The molecule has 3 atom stereocenters. The second-order valence-corrected chi connectivity index (χ2v) is 10.8. The first-order chi connectivity index (χ1) is 20.7. The standard InChI is InChI=1S/C35H42F2O6/c1-3-4-22-35(36,37)33(39)21-20-30-29(31(38)23-32(30)42-24-27-16-18-28(41-2)19-17-27)14-10-5-6-11-15-34(40)43-25-26-12-8-7-9-13-26/h5,7-10,12-13,16-21,29-30,32H,3-4,6,11,14-15,22-25H2,1-2H3/b10-5-,21-20+/t29-,30-,32-/m1/s1. The summed E-state index contributed by atoms with van der Waals surface area (Å²) in [7, 11) is 1.58. The van der Waals surface area contributed by atoms with Gasteiger partial charge in [-0.1, -0.05) is 74.0 Å². The maximum atomic E-state index is 14.3. The lowest BCUT2D eigenvalue weighted by Gasteiger charge is -2.21. The molecule has 2 aromatic carbocycles. The van der Waals surface area contributed by atoms with Gasteiger partial charge in [-0.2, -0.15) is 8.78 Å². The predicted octanol–water partition coefficient (Wildman–Crippen LogP) is 7.60. The Balaban J connectivity index is 1.57. The van der Waals surface area contributed by atoms with Gasteiger partial charge in [-0.25, -0.2) is 0 Å². The number of carbonyl (C=O) groups excluding carboxylic acids is 3. The number of methoxy groups -OCH3 is 1. The van der Waals surface area contributed by atoms with Crippen LogP contribution in [0, 0.1) is 11.8 Å². The molecule has 0 amide bonds. The van der Waals surface area contributed by atoms with Gasteiger partial charge in [-0.05, 0) is 55.0 Å². The predicted molar refractivity (Wildman–Crippen MR) is 161 cm³/mol. The third-order valence-corrected chi connectivity index (χ3v) is 7.56. The summed E-state index contributed by atoms with van der Waals surface area (Å²) in [5.41, 5.74) is 1.81. The normalized spacial score (nSPS) is 18.9. The van der Waals surface area contributed by atoms with E-state index in [1.807, 2.05) is 66.7 Å². The molecule has 1 aliphatic rings. The van der Waals surface area contributed by atoms with Gasteiger partial charge in [0.15, 0.2) is 0 Å². The molecule has 1 saturated carbocycles. The fraction of sp³-hybridized carbons (Fsp3) is 0.457. The van der Waals surface area contributed by atoms with Crippen molar-refractivity contribution in [2.45, 2.75) is 83.5 Å². The van der Waals surface area contributed by atoms with Crippen molar-refractivity contribution >= 4 is 17.5 Å². The second-order valence-electron chi connectivity index (χ2n) is 10.8. The number of halogens is 2. The van der Waals surface area contributed by atoms with Crippen molar-refractivity contribution in [3.05, 3.63) is 90.0 Å². The molecule has 0 aromatic heterocycles. The van der Waals surface area contributed by atoms with E-state index < -0.39 is 36.1 Å². The van der Waals surface area contributed by atoms with Crippen LogP contribution in [0.4, 0.5) is 8.78 Å². The molecule has 0 radical (unpaired) electrons. The Morgan fingerprint density at radius 1 is 0.977 bits per heavy atom. The fourth-order valence-corrected chi connectivity index (χ4v) is 4.98. The van der Waals surface area contributed by atoms with Crippen molar-refractivity contribution in [3.8, 4) is 5.75 Å². The monoisotopic (exact) mass is 596 g/mol. The number of ketones is 2. The minimum Gasteiger partial charge on any atom is -0.497 e. The van der Waals surface area contributed by atoms with Crippen LogP contribution >= 0.6 is 0 Å². The lowest BCUT2D eigenvalue weighted by molar-refractivity contribution is -0.145. The molecule has 0 unspecified atom stereocenters. The minimum absolute atomic E-state index is 0.0336. The van der Waals surface area contributed by atoms with Gasteiger partial charge in [-0.15, -0.1) is 0 Å². The van der Waals surface area contributed by atoms with Gasteiger partial charge in [-0.3, -0.25) is 14.4 Å². The third kappa shape index (κ3) is 11.2. The number of alkyl halides is 2. The van der Waals surface area contributed by atoms with E-state index in [2.05, 4.69) is 0 Å². The van der Waals surface area contributed by atoms with Gasteiger partial charge in [0.05, 0.1) is 19.8 Å². The van der Waals surface area contributed by atoms with Gasteiger partial charge in [0.1, 0.15) is 18.1 Å². The smallest absolute Gasteiger partial charge is 0.309 e. The van der Waals surface area contributed by atoms with Gasteiger partial charge in [0.25, 0.3) is 0 Å². The fourth-order valence-electron chi connectivity index (χ4n) is 4.98. The van der Waals surface area contributed by atoms with E-state index >= 15 is 0 Å². The Kier molecular flexibility index (Phi) is 13.7. The van der Waals surface area contributed by atoms with Crippen molar-refractivity contribution in [2.24, 2.45) is 11.8 Å². The maximum Gasteiger partial charge on any atom is 0.309 e. The number of carbonyl (C=O) groups is 3. The van der Waals surface area contributed by atoms with Crippen LogP contribution in [0.2, 0.25) is 0 Å². The molecule has 0 spiro atoms. The van der Waals surface area contributed by atoms with Crippen LogP contribution in [-0.4, -0.2) is 36.7 Å². The minimum atomic E-state index is -3.44. The number of unbranched alkanes of at least 4 members (excludes halogenated alkanes) is 2. The summed E-state index contributed by atoms with van der Waals surface area (Å²) in [6, 6.07) is 16.8. The first kappa shape index (κ1) is 33.8. The van der Waals surface area contributed by atoms with Crippen LogP contribution < -0.4 is 4.74 Å². The van der Waals surface area contributed by atoms with E-state index in [1.165, 1.54) is 6.08 Å². The molecule has 1 fully saturated rings. The summed E-state index contributed by atoms with van der Waals surface area (Å²) < 4.78 is 45.3. The van der Waals surface area contributed by atoms with Crippen LogP contribution in [0.15, 0.2) is 78.9 Å². The number of hydrogen-bond acceptors (Lipinski definition) is 6. The Morgan fingerprint density at radius 2 is 1.70 bits per heavy atom. The largest absolute Gasteiger partial charge is 0.497 e. The molecular formula is C35H42F2O6. The molecule has 0 bridgehead atoms. The number of Topliss-reactive ketones (excluding diaryl/α,β-unsaturated/α-hetero) is 1. The molecule has 2 aromatic rings. The molecule has 1 aliphatic carbocycles. The van der Waals surface area contributed by atoms with E-state index in [4.69, 9.17) is 14.2 Å². The zero-order chi connectivity index (χ0) is 31.1. The highest BCUT2D eigenvalue weighted by Crippen LogP contribution is 2.36. The first-order valence-corrected chi connectivity index (χ1v) is 15.0. The third-order valence-electron chi connectivity index (χ3n) is 7.56. The van der Waals surface area contributed by atoms with Crippen LogP contribution in [0.1, 0.15) is 69.4 Å². The van der Waals surface area contributed by atoms with Crippen molar-refractivity contribution in [1.29, 1.82) is 0 Å². The zero-order valence-corrected chi connectivity index (χ0v) is 25.0. The highest BCUT2D eigenvalue weighted by molar-refractivity contribution is 5.96. The summed E-state index contributed by atoms with van der Waals surface area (Å²) in [6.45, 7) is 2.26. The Morgan fingerprint density at radius 3 is 2.40 bits per heavy atom. The number of ether oxygens (including phenoxy) is 3. The van der Waals surface area contributed by atoms with Crippen LogP contribution in [0.25, 0.3) is 0 Å². The molecule has 0 N–H and O–H groups in total. The summed E-state index contributed by atoms with van der Waals surface area (Å²) >= 11 is 0. The van der Waals surface area contributed by atoms with Gasteiger partial charge in [0.2, 0.25) is 5.78 Å². The zero-order valence-electron chi connectivity index (χ0n) is 25.0. The molecular weight excluding hydrogens is 554 g/mol. The van der Waals surface area contributed by atoms with Gasteiger partial charge >= 0.3 is 11.9 Å². The van der Waals surface area contributed by atoms with Crippen LogP contribution in [0.5, 0.6) is 5.75 Å². The first-order valence-electron chi connectivity index (χ1n) is 15.0. The average Bonchev–Trinajstić information content (AvgIpc) is 3.32. The highest BCUT2D eigenvalue weighted by Gasteiger charge is 2.42. The Labute approximate surface area is 253 Å². The van der Waals surface area contributed by atoms with E-state index in [0.29, 0.717) is 31.4 Å². The molecule has 232 valence electrons. The molecule has 3 rings (SSSR count).